The number of nitrogens with zero attached hydrogens (tertiary/aromatic N) is 4. The lowest BCUT2D eigenvalue weighted by atomic mass is 10.0. The molecule has 0 N–H and O–H groups in total. The first-order valence-electron chi connectivity index (χ1n) is 9.05. The zero-order valence-electron chi connectivity index (χ0n) is 15.1. The Kier molecular flexibility index (Phi) is 5.34. The lowest BCUT2D eigenvalue weighted by molar-refractivity contribution is 0.444. The van der Waals surface area contributed by atoms with Crippen LogP contribution in [0.1, 0.15) is 37.9 Å². The monoisotopic (exact) mass is 324 g/mol. The normalized spacial score (nSPS) is 17.8. The largest absolute Gasteiger partial charge is 0.356 e. The van der Waals surface area contributed by atoms with Crippen molar-refractivity contribution in [1.82, 2.24) is 9.97 Å². The van der Waals surface area contributed by atoms with Crippen LogP contribution in [0.5, 0.6) is 0 Å². The molecule has 2 aromatic rings. The van der Waals surface area contributed by atoms with Gasteiger partial charge in [-0.25, -0.2) is 4.98 Å². The van der Waals surface area contributed by atoms with Crippen LogP contribution >= 0.6 is 0 Å². The molecule has 4 heteroatoms. The van der Waals surface area contributed by atoms with Gasteiger partial charge in [0.2, 0.25) is 5.95 Å². The van der Waals surface area contributed by atoms with Gasteiger partial charge >= 0.3 is 0 Å². The Hall–Kier alpha value is -2.10. The second-order valence-electron chi connectivity index (χ2n) is 6.86. The van der Waals surface area contributed by atoms with E-state index in [-0.39, 0.29) is 0 Å². The highest BCUT2D eigenvalue weighted by molar-refractivity contribution is 5.46. The lowest BCUT2D eigenvalue weighted by Crippen LogP contribution is -2.35. The summed E-state index contributed by atoms with van der Waals surface area (Å²) >= 11 is 0. The minimum absolute atomic E-state index is 0.740. The summed E-state index contributed by atoms with van der Waals surface area (Å²) in [6.45, 7) is 10.5. The molecule has 1 aromatic carbocycles. The summed E-state index contributed by atoms with van der Waals surface area (Å²) in [5.41, 5.74) is 2.33. The molecule has 1 aliphatic rings. The number of hydrogen-bond donors (Lipinski definition) is 0. The van der Waals surface area contributed by atoms with Crippen LogP contribution in [0.4, 0.5) is 11.8 Å². The van der Waals surface area contributed by atoms with E-state index in [0.29, 0.717) is 0 Å². The Balaban J connectivity index is 1.83. The third kappa shape index (κ3) is 4.05. The summed E-state index contributed by atoms with van der Waals surface area (Å²) in [5.74, 6) is 2.66. The van der Waals surface area contributed by atoms with Crippen LogP contribution in [0.15, 0.2) is 36.4 Å². The fourth-order valence-corrected chi connectivity index (χ4v) is 3.37. The van der Waals surface area contributed by atoms with E-state index in [1.807, 2.05) is 0 Å². The molecule has 1 unspecified atom stereocenters. The molecule has 1 aliphatic heterocycles. The van der Waals surface area contributed by atoms with E-state index in [1.165, 1.54) is 18.4 Å². The van der Waals surface area contributed by atoms with Crippen molar-refractivity contribution in [2.75, 3.05) is 29.4 Å². The van der Waals surface area contributed by atoms with Crippen LogP contribution < -0.4 is 9.80 Å². The zero-order chi connectivity index (χ0) is 16.9. The first kappa shape index (κ1) is 16.7. The van der Waals surface area contributed by atoms with Crippen molar-refractivity contribution in [2.45, 2.75) is 40.2 Å². The van der Waals surface area contributed by atoms with Gasteiger partial charge in [-0.05, 0) is 38.2 Å². The highest BCUT2D eigenvalue weighted by Crippen LogP contribution is 2.24. The first-order valence-corrected chi connectivity index (χ1v) is 9.05. The number of hydrogen-bond acceptors (Lipinski definition) is 4. The van der Waals surface area contributed by atoms with E-state index in [2.05, 4.69) is 67.0 Å². The predicted octanol–water partition coefficient (Wildman–Crippen LogP) is 4.05. The van der Waals surface area contributed by atoms with Crippen LogP contribution in [0.3, 0.4) is 0 Å². The van der Waals surface area contributed by atoms with Gasteiger partial charge in [0.15, 0.2) is 0 Å². The van der Waals surface area contributed by atoms with Crippen molar-refractivity contribution in [1.29, 1.82) is 0 Å². The van der Waals surface area contributed by atoms with Crippen molar-refractivity contribution >= 4 is 11.8 Å². The Labute approximate surface area is 145 Å². The standard InChI is InChI=1S/C20H28N4/c1-4-23(15-18-10-6-5-7-11-18)20-21-17(3)13-19(22-20)24-12-8-9-16(2)14-24/h5-7,10-11,13,16H,4,8-9,12,14-15H2,1-3H3. The topological polar surface area (TPSA) is 32.3 Å². The molecule has 0 bridgehead atoms. The summed E-state index contributed by atoms with van der Waals surface area (Å²) in [7, 11) is 0. The lowest BCUT2D eigenvalue weighted by Gasteiger charge is -2.32. The van der Waals surface area contributed by atoms with Crippen LogP contribution in [-0.2, 0) is 6.54 Å². The van der Waals surface area contributed by atoms with Gasteiger partial charge in [-0.3, -0.25) is 0 Å². The van der Waals surface area contributed by atoms with Gasteiger partial charge in [-0.1, -0.05) is 37.3 Å². The minimum atomic E-state index is 0.740. The van der Waals surface area contributed by atoms with E-state index in [9.17, 15) is 0 Å². The Morgan fingerprint density at radius 1 is 1.21 bits per heavy atom. The molecule has 0 radical (unpaired) electrons. The Bertz CT molecular complexity index is 656. The maximum absolute atomic E-state index is 4.90. The van der Waals surface area contributed by atoms with Gasteiger partial charge in [-0.15, -0.1) is 0 Å². The van der Waals surface area contributed by atoms with Crippen molar-refractivity contribution in [3.8, 4) is 0 Å². The zero-order valence-corrected chi connectivity index (χ0v) is 15.1. The summed E-state index contributed by atoms with van der Waals surface area (Å²) < 4.78 is 0. The van der Waals surface area contributed by atoms with E-state index < -0.39 is 0 Å². The maximum atomic E-state index is 4.90. The van der Waals surface area contributed by atoms with Crippen molar-refractivity contribution < 1.29 is 0 Å². The van der Waals surface area contributed by atoms with Crippen LogP contribution in [0.25, 0.3) is 0 Å². The summed E-state index contributed by atoms with van der Waals surface area (Å²) in [5, 5.41) is 0. The SMILES string of the molecule is CCN(Cc1ccccc1)c1nc(C)cc(N2CCCC(C)C2)n1. The van der Waals surface area contributed by atoms with Crippen LogP contribution in [0.2, 0.25) is 0 Å². The smallest absolute Gasteiger partial charge is 0.227 e. The maximum Gasteiger partial charge on any atom is 0.227 e. The summed E-state index contributed by atoms with van der Waals surface area (Å²) in [4.78, 5) is 14.3. The molecule has 1 atom stereocenters. The molecular weight excluding hydrogens is 296 g/mol. The molecule has 1 saturated heterocycles. The van der Waals surface area contributed by atoms with Gasteiger partial charge in [0.1, 0.15) is 5.82 Å². The average molecular weight is 324 g/mol. The second kappa shape index (κ2) is 7.65. The molecule has 0 amide bonds. The Morgan fingerprint density at radius 2 is 2.00 bits per heavy atom. The molecule has 0 saturated carbocycles. The van der Waals surface area contributed by atoms with Crippen molar-refractivity contribution in [3.05, 3.63) is 47.7 Å². The summed E-state index contributed by atoms with van der Waals surface area (Å²) in [6, 6.07) is 12.7. The van der Waals surface area contributed by atoms with Crippen LogP contribution in [-0.4, -0.2) is 29.6 Å². The molecule has 128 valence electrons. The van der Waals surface area contributed by atoms with E-state index in [4.69, 9.17) is 9.97 Å². The molecule has 2 heterocycles. The average Bonchev–Trinajstić information content (AvgIpc) is 2.60. The van der Waals surface area contributed by atoms with Gasteiger partial charge in [0.05, 0.1) is 0 Å². The summed E-state index contributed by atoms with van der Waals surface area (Å²) in [6.07, 6.45) is 2.57. The van der Waals surface area contributed by atoms with Crippen molar-refractivity contribution in [3.63, 3.8) is 0 Å². The van der Waals surface area contributed by atoms with Gasteiger partial charge < -0.3 is 9.80 Å². The van der Waals surface area contributed by atoms with Crippen molar-refractivity contribution in [2.24, 2.45) is 5.92 Å². The molecule has 24 heavy (non-hydrogen) atoms. The number of anilines is 2. The fourth-order valence-electron chi connectivity index (χ4n) is 3.37. The van der Waals surface area contributed by atoms with Crippen LogP contribution in [0, 0.1) is 12.8 Å². The third-order valence-corrected chi connectivity index (χ3v) is 4.69. The van der Waals surface area contributed by atoms with Gasteiger partial charge in [-0.2, -0.15) is 4.98 Å². The predicted molar refractivity (Wildman–Crippen MR) is 101 cm³/mol. The fraction of sp³-hybridized carbons (Fsp3) is 0.500. The van der Waals surface area contributed by atoms with E-state index >= 15 is 0 Å². The first-order chi connectivity index (χ1) is 11.7. The number of piperidine rings is 1. The highest BCUT2D eigenvalue weighted by atomic mass is 15.3. The third-order valence-electron chi connectivity index (χ3n) is 4.69. The number of benzene rings is 1. The molecule has 1 fully saturated rings. The quantitative estimate of drug-likeness (QED) is 0.830. The highest BCUT2D eigenvalue weighted by Gasteiger charge is 2.19. The molecule has 0 aliphatic carbocycles. The van der Waals surface area contributed by atoms with Gasteiger partial charge in [0, 0.05) is 37.9 Å². The number of rotatable bonds is 5. The van der Waals surface area contributed by atoms with Gasteiger partial charge in [0.25, 0.3) is 0 Å². The number of aromatic nitrogens is 2. The molecule has 3 rings (SSSR count). The Morgan fingerprint density at radius 3 is 2.71 bits per heavy atom. The molecule has 0 spiro atoms. The minimum Gasteiger partial charge on any atom is -0.356 e. The van der Waals surface area contributed by atoms with E-state index in [0.717, 1.165) is 49.6 Å². The molecule has 1 aromatic heterocycles. The molecular formula is C20H28N4. The van der Waals surface area contributed by atoms with E-state index in [1.54, 1.807) is 0 Å². The second-order valence-corrected chi connectivity index (χ2v) is 6.86. The molecule has 4 nitrogen and oxygen atoms in total. The number of aryl methyl sites for hydroxylation is 1.